The molecule has 3 heterocycles. The topological polar surface area (TPSA) is 88.0 Å². The average Bonchev–Trinajstić information content (AvgIpc) is 3.43. The summed E-state index contributed by atoms with van der Waals surface area (Å²) in [7, 11) is 1.89. The number of rotatable bonds is 5. The van der Waals surface area contributed by atoms with Crippen molar-refractivity contribution < 1.29 is 4.79 Å². The van der Waals surface area contributed by atoms with E-state index in [9.17, 15) is 4.79 Å². The average molecular weight is 396 g/mol. The minimum atomic E-state index is -0.256. The fourth-order valence-corrected chi connectivity index (χ4v) is 5.24. The van der Waals surface area contributed by atoms with Crippen molar-refractivity contribution in [1.82, 2.24) is 19.7 Å². The van der Waals surface area contributed by atoms with Crippen molar-refractivity contribution in [3.63, 3.8) is 0 Å². The summed E-state index contributed by atoms with van der Waals surface area (Å²) in [5.41, 5.74) is 2.58. The van der Waals surface area contributed by atoms with E-state index in [0.29, 0.717) is 18.2 Å². The molecular formula is C21H29N7O. The van der Waals surface area contributed by atoms with Crippen molar-refractivity contribution in [2.24, 2.45) is 17.8 Å². The maximum atomic E-state index is 12.0. The zero-order chi connectivity index (χ0) is 20.1. The van der Waals surface area contributed by atoms with Crippen LogP contribution in [0.4, 0.5) is 17.5 Å². The van der Waals surface area contributed by atoms with Crippen molar-refractivity contribution in [3.8, 4) is 0 Å². The van der Waals surface area contributed by atoms with Crippen LogP contribution in [0.15, 0.2) is 12.4 Å². The summed E-state index contributed by atoms with van der Waals surface area (Å²) in [5, 5.41) is 10.8. The number of hydrogen-bond donors (Lipinski definition) is 2. The van der Waals surface area contributed by atoms with Crippen LogP contribution in [0.3, 0.4) is 0 Å². The van der Waals surface area contributed by atoms with Crippen LogP contribution in [0.5, 0.6) is 0 Å². The number of carbonyl (C=O) groups excluding carboxylic acids is 1. The number of carbonyl (C=O) groups is 1. The zero-order valence-electron chi connectivity index (χ0n) is 17.4. The number of hydrogen-bond acceptors (Lipinski definition) is 6. The SMILES string of the molecule is Cc1nc(NCc2cnn(C[C@@H]3C[C@@H]4CC[C@H]3C4)c2)nc2c1NC(=O)[C@H](C)N2C. The minimum Gasteiger partial charge on any atom is -0.350 e. The van der Waals surface area contributed by atoms with Gasteiger partial charge in [0.2, 0.25) is 11.9 Å². The van der Waals surface area contributed by atoms with Crippen LogP contribution < -0.4 is 15.5 Å². The maximum Gasteiger partial charge on any atom is 0.246 e. The van der Waals surface area contributed by atoms with E-state index < -0.39 is 0 Å². The molecule has 0 radical (unpaired) electrons. The first-order valence-electron chi connectivity index (χ1n) is 10.7. The fraction of sp³-hybridized carbons (Fsp3) is 0.619. The van der Waals surface area contributed by atoms with Gasteiger partial charge >= 0.3 is 0 Å². The van der Waals surface area contributed by atoms with Crippen molar-refractivity contribution >= 4 is 23.4 Å². The molecule has 8 nitrogen and oxygen atoms in total. The summed E-state index contributed by atoms with van der Waals surface area (Å²) in [6, 6.07) is -0.256. The van der Waals surface area contributed by atoms with Gasteiger partial charge in [-0.05, 0) is 50.9 Å². The molecule has 1 aliphatic heterocycles. The van der Waals surface area contributed by atoms with E-state index >= 15 is 0 Å². The van der Waals surface area contributed by atoms with Crippen LogP contribution in [0.2, 0.25) is 0 Å². The first kappa shape index (κ1) is 18.4. The van der Waals surface area contributed by atoms with Gasteiger partial charge in [-0.15, -0.1) is 0 Å². The van der Waals surface area contributed by atoms with E-state index in [1.54, 1.807) is 0 Å². The Bertz CT molecular complexity index is 939. The molecule has 2 saturated carbocycles. The zero-order valence-corrected chi connectivity index (χ0v) is 17.4. The van der Waals surface area contributed by atoms with Crippen LogP contribution in [-0.2, 0) is 17.9 Å². The van der Waals surface area contributed by atoms with E-state index in [0.717, 1.165) is 41.4 Å². The molecule has 3 aliphatic rings. The predicted octanol–water partition coefficient (Wildman–Crippen LogP) is 2.81. The van der Waals surface area contributed by atoms with Gasteiger partial charge in [-0.25, -0.2) is 4.98 Å². The highest BCUT2D eigenvalue weighted by molar-refractivity contribution is 6.03. The Hall–Kier alpha value is -2.64. The Morgan fingerprint density at radius 2 is 2.14 bits per heavy atom. The number of fused-ring (bicyclic) bond motifs is 3. The molecule has 2 aromatic heterocycles. The lowest BCUT2D eigenvalue weighted by Crippen LogP contribution is -2.44. The van der Waals surface area contributed by atoms with Crippen LogP contribution in [0.25, 0.3) is 0 Å². The fourth-order valence-electron chi connectivity index (χ4n) is 5.24. The third-order valence-corrected chi connectivity index (χ3v) is 7.06. The van der Waals surface area contributed by atoms with Gasteiger partial charge in [0.15, 0.2) is 5.82 Å². The summed E-state index contributed by atoms with van der Waals surface area (Å²) in [4.78, 5) is 23.1. The summed E-state index contributed by atoms with van der Waals surface area (Å²) >= 11 is 0. The molecule has 8 heteroatoms. The third-order valence-electron chi connectivity index (χ3n) is 7.06. The van der Waals surface area contributed by atoms with Gasteiger partial charge in [0.05, 0.1) is 11.9 Å². The second kappa shape index (κ2) is 7.00. The Morgan fingerprint density at radius 1 is 1.28 bits per heavy atom. The second-order valence-corrected chi connectivity index (χ2v) is 8.97. The maximum absolute atomic E-state index is 12.0. The monoisotopic (exact) mass is 395 g/mol. The van der Waals surface area contributed by atoms with Crippen molar-refractivity contribution in [3.05, 3.63) is 23.7 Å². The largest absolute Gasteiger partial charge is 0.350 e. The number of nitrogens with zero attached hydrogens (tertiary/aromatic N) is 5. The van der Waals surface area contributed by atoms with Crippen LogP contribution in [0, 0.1) is 24.7 Å². The Morgan fingerprint density at radius 3 is 2.90 bits per heavy atom. The number of aromatic nitrogens is 4. The number of aryl methyl sites for hydroxylation is 1. The van der Waals surface area contributed by atoms with E-state index in [1.807, 2.05) is 32.0 Å². The van der Waals surface area contributed by atoms with Gasteiger partial charge in [0, 0.05) is 31.9 Å². The molecule has 0 saturated heterocycles. The lowest BCUT2D eigenvalue weighted by molar-refractivity contribution is -0.117. The highest BCUT2D eigenvalue weighted by Crippen LogP contribution is 2.48. The third kappa shape index (κ3) is 3.34. The Kier molecular flexibility index (Phi) is 4.44. The van der Waals surface area contributed by atoms with Gasteiger partial charge in [0.25, 0.3) is 0 Å². The summed E-state index contributed by atoms with van der Waals surface area (Å²) in [5.74, 6) is 3.97. The first-order chi connectivity index (χ1) is 14.0. The standard InChI is InChI=1S/C21H29N7O/c1-12-18-19(27(3)13(2)20(29)25-18)26-21(24-12)22-8-15-9-23-28(10-15)11-17-7-14-4-5-16(17)6-14/h9-10,13-14,16-17H,4-8,11H2,1-3H3,(H,25,29)(H,22,24,26)/t13-,14+,16-,17-/m0/s1. The van der Waals surface area contributed by atoms with Crippen LogP contribution >= 0.6 is 0 Å². The molecule has 0 aromatic carbocycles. The normalized spacial score (nSPS) is 27.8. The molecule has 29 heavy (non-hydrogen) atoms. The number of amides is 1. The number of anilines is 3. The van der Waals surface area contributed by atoms with E-state index in [1.165, 1.54) is 25.7 Å². The van der Waals surface area contributed by atoms with E-state index in [-0.39, 0.29) is 11.9 Å². The highest BCUT2D eigenvalue weighted by atomic mass is 16.2. The molecule has 2 aromatic rings. The molecule has 2 fully saturated rings. The lowest BCUT2D eigenvalue weighted by atomic mass is 9.89. The van der Waals surface area contributed by atoms with Gasteiger partial charge in [-0.2, -0.15) is 10.1 Å². The quantitative estimate of drug-likeness (QED) is 0.809. The number of likely N-dealkylation sites (N-methyl/N-ethyl adjacent to an activating group) is 1. The molecule has 5 rings (SSSR count). The molecule has 2 bridgehead atoms. The molecular weight excluding hydrogens is 366 g/mol. The van der Waals surface area contributed by atoms with Gasteiger partial charge in [-0.1, -0.05) is 6.42 Å². The molecule has 0 unspecified atom stereocenters. The molecule has 1 amide bonds. The summed E-state index contributed by atoms with van der Waals surface area (Å²) in [6.45, 7) is 5.43. The lowest BCUT2D eigenvalue weighted by Gasteiger charge is -2.32. The van der Waals surface area contributed by atoms with E-state index in [4.69, 9.17) is 0 Å². The molecule has 2 aliphatic carbocycles. The smallest absolute Gasteiger partial charge is 0.246 e. The van der Waals surface area contributed by atoms with Crippen LogP contribution in [0.1, 0.15) is 43.9 Å². The summed E-state index contributed by atoms with van der Waals surface area (Å²) in [6.07, 6.45) is 9.73. The molecule has 154 valence electrons. The van der Waals surface area contributed by atoms with Gasteiger partial charge in [-0.3, -0.25) is 9.48 Å². The molecule has 4 atom stereocenters. The highest BCUT2D eigenvalue weighted by Gasteiger charge is 2.39. The Labute approximate surface area is 171 Å². The molecule has 0 spiro atoms. The van der Waals surface area contributed by atoms with Gasteiger partial charge < -0.3 is 15.5 Å². The minimum absolute atomic E-state index is 0.0321. The van der Waals surface area contributed by atoms with E-state index in [2.05, 4.69) is 36.6 Å². The van der Waals surface area contributed by atoms with Crippen molar-refractivity contribution in [2.45, 2.75) is 58.7 Å². The van der Waals surface area contributed by atoms with Gasteiger partial charge in [0.1, 0.15) is 11.7 Å². The van der Waals surface area contributed by atoms with Crippen LogP contribution in [-0.4, -0.2) is 38.7 Å². The Balaban J connectivity index is 1.25. The second-order valence-electron chi connectivity index (χ2n) is 8.97. The first-order valence-corrected chi connectivity index (χ1v) is 10.7. The molecule has 2 N–H and O–H groups in total. The van der Waals surface area contributed by atoms with Crippen molar-refractivity contribution in [2.75, 3.05) is 22.6 Å². The number of nitrogens with one attached hydrogen (secondary N) is 2. The van der Waals surface area contributed by atoms with Crippen molar-refractivity contribution in [1.29, 1.82) is 0 Å². The predicted molar refractivity (Wildman–Crippen MR) is 112 cm³/mol. The summed E-state index contributed by atoms with van der Waals surface area (Å²) < 4.78 is 2.10.